The van der Waals surface area contributed by atoms with Crippen molar-refractivity contribution in [1.82, 2.24) is 0 Å². The van der Waals surface area contributed by atoms with E-state index in [-0.39, 0.29) is 39.1 Å². The van der Waals surface area contributed by atoms with Crippen molar-refractivity contribution in [2.45, 2.75) is 39.2 Å². The number of hydrogen-bond donors (Lipinski definition) is 2. The second-order valence-corrected chi connectivity index (χ2v) is 5.59. The molecule has 0 aliphatic heterocycles. The Labute approximate surface area is 130 Å². The molecular weight excluding hydrogens is 292 g/mol. The van der Waals surface area contributed by atoms with E-state index in [4.69, 9.17) is 25.7 Å². The Balaban J connectivity index is 4.68. The lowest BCUT2D eigenvalue weighted by Crippen LogP contribution is -2.34. The molecular formula is C14H26N2O6. The highest BCUT2D eigenvalue weighted by atomic mass is 16.6. The topological polar surface area (TPSA) is 131 Å². The quantitative estimate of drug-likeness (QED) is 0.337. The van der Waals surface area contributed by atoms with E-state index >= 15 is 0 Å². The summed E-state index contributed by atoms with van der Waals surface area (Å²) in [6.45, 7) is 5.49. The fraction of sp³-hybridized carbons (Fsp3) is 0.786. The van der Waals surface area contributed by atoms with Crippen molar-refractivity contribution in [3.63, 3.8) is 0 Å². The highest BCUT2D eigenvalue weighted by molar-refractivity contribution is 5.95. The Hall–Kier alpha value is -1.67. The first-order valence-corrected chi connectivity index (χ1v) is 7.16. The molecule has 128 valence electrons. The summed E-state index contributed by atoms with van der Waals surface area (Å²) < 4.78 is 14.8. The van der Waals surface area contributed by atoms with E-state index in [0.717, 1.165) is 0 Å². The third-order valence-electron chi connectivity index (χ3n) is 2.36. The van der Waals surface area contributed by atoms with Crippen LogP contribution in [0.4, 0.5) is 0 Å². The van der Waals surface area contributed by atoms with Gasteiger partial charge in [0, 0.05) is 19.5 Å². The maximum atomic E-state index is 12.1. The van der Waals surface area contributed by atoms with Crippen LogP contribution in [0, 0.1) is 5.92 Å². The second-order valence-electron chi connectivity index (χ2n) is 5.59. The Bertz CT molecular complexity index is 378. The number of esters is 3. The number of rotatable bonds is 9. The summed E-state index contributed by atoms with van der Waals surface area (Å²) in [6, 6.07) is 0. The van der Waals surface area contributed by atoms with Crippen LogP contribution in [0.5, 0.6) is 0 Å². The molecule has 22 heavy (non-hydrogen) atoms. The standard InChI is InChI=1S/C14H26N2O6/c1-14(2,3)22-13(19)10(12(18)21-9-7-16)4-5-11(17)20-8-6-15/h10H,4-9,15-16H2,1-3H3/t10-/m0/s1. The molecule has 0 radical (unpaired) electrons. The average molecular weight is 318 g/mol. The molecule has 4 N–H and O–H groups in total. The minimum atomic E-state index is -1.18. The van der Waals surface area contributed by atoms with Gasteiger partial charge in [-0.05, 0) is 27.2 Å². The van der Waals surface area contributed by atoms with Crippen LogP contribution in [0.25, 0.3) is 0 Å². The Kier molecular flexibility index (Phi) is 9.35. The van der Waals surface area contributed by atoms with Gasteiger partial charge in [-0.3, -0.25) is 14.4 Å². The monoisotopic (exact) mass is 318 g/mol. The zero-order valence-electron chi connectivity index (χ0n) is 13.4. The number of ether oxygens (including phenoxy) is 3. The summed E-state index contributed by atoms with van der Waals surface area (Å²) in [5.41, 5.74) is 9.72. The third-order valence-corrected chi connectivity index (χ3v) is 2.36. The summed E-state index contributed by atoms with van der Waals surface area (Å²) in [5, 5.41) is 0. The maximum absolute atomic E-state index is 12.1. The fourth-order valence-corrected chi connectivity index (χ4v) is 1.47. The van der Waals surface area contributed by atoms with Gasteiger partial charge in [-0.2, -0.15) is 0 Å². The lowest BCUT2D eigenvalue weighted by molar-refractivity contribution is -0.169. The molecule has 0 saturated carbocycles. The molecule has 0 spiro atoms. The van der Waals surface area contributed by atoms with Crippen LogP contribution in [0.1, 0.15) is 33.6 Å². The second kappa shape index (κ2) is 10.1. The molecule has 0 amide bonds. The van der Waals surface area contributed by atoms with E-state index in [0.29, 0.717) is 0 Å². The van der Waals surface area contributed by atoms with Gasteiger partial charge >= 0.3 is 17.9 Å². The number of hydrogen-bond acceptors (Lipinski definition) is 8. The molecule has 0 heterocycles. The molecule has 0 bridgehead atoms. The third kappa shape index (κ3) is 9.30. The summed E-state index contributed by atoms with van der Waals surface area (Å²) in [4.78, 5) is 35.4. The SMILES string of the molecule is CC(C)(C)OC(=O)[C@@H](CCC(=O)OCCN)C(=O)OCCN. The van der Waals surface area contributed by atoms with E-state index in [2.05, 4.69) is 0 Å². The minimum Gasteiger partial charge on any atom is -0.464 e. The molecule has 8 nitrogen and oxygen atoms in total. The van der Waals surface area contributed by atoms with Crippen LogP contribution in [-0.2, 0) is 28.6 Å². The van der Waals surface area contributed by atoms with Gasteiger partial charge in [-0.15, -0.1) is 0 Å². The van der Waals surface area contributed by atoms with Crippen LogP contribution in [0.3, 0.4) is 0 Å². The summed E-state index contributed by atoms with van der Waals surface area (Å²) in [6.07, 6.45) is -0.163. The van der Waals surface area contributed by atoms with E-state index in [1.54, 1.807) is 20.8 Å². The number of carbonyl (C=O) groups is 3. The van der Waals surface area contributed by atoms with Gasteiger partial charge in [0.2, 0.25) is 0 Å². The van der Waals surface area contributed by atoms with Gasteiger partial charge in [0.15, 0.2) is 5.92 Å². The van der Waals surface area contributed by atoms with Gasteiger partial charge < -0.3 is 25.7 Å². The van der Waals surface area contributed by atoms with Crippen LogP contribution in [0.2, 0.25) is 0 Å². The predicted octanol–water partition coefficient (Wildman–Crippen LogP) is -0.272. The Morgan fingerprint density at radius 2 is 1.50 bits per heavy atom. The number of carbonyl (C=O) groups excluding carboxylic acids is 3. The smallest absolute Gasteiger partial charge is 0.320 e. The Morgan fingerprint density at radius 3 is 2.00 bits per heavy atom. The molecule has 0 aromatic rings. The van der Waals surface area contributed by atoms with Gasteiger partial charge in [0.1, 0.15) is 18.8 Å². The van der Waals surface area contributed by atoms with E-state index in [1.807, 2.05) is 0 Å². The van der Waals surface area contributed by atoms with Crippen molar-refractivity contribution in [3.8, 4) is 0 Å². The normalized spacial score (nSPS) is 12.4. The largest absolute Gasteiger partial charge is 0.464 e. The van der Waals surface area contributed by atoms with E-state index < -0.39 is 29.4 Å². The fourth-order valence-electron chi connectivity index (χ4n) is 1.47. The molecule has 1 atom stereocenters. The summed E-state index contributed by atoms with van der Waals surface area (Å²) in [5.74, 6) is -3.21. The van der Waals surface area contributed by atoms with Crippen molar-refractivity contribution in [2.75, 3.05) is 26.3 Å². The molecule has 0 rings (SSSR count). The first-order chi connectivity index (χ1) is 10.2. The van der Waals surface area contributed by atoms with E-state index in [9.17, 15) is 14.4 Å². The van der Waals surface area contributed by atoms with Crippen molar-refractivity contribution < 1.29 is 28.6 Å². The molecule has 0 fully saturated rings. The summed E-state index contributed by atoms with van der Waals surface area (Å²) >= 11 is 0. The van der Waals surface area contributed by atoms with Crippen molar-refractivity contribution in [2.24, 2.45) is 17.4 Å². The van der Waals surface area contributed by atoms with Crippen LogP contribution in [0.15, 0.2) is 0 Å². The minimum absolute atomic E-state index is 0.00422. The highest BCUT2D eigenvalue weighted by Crippen LogP contribution is 2.17. The lowest BCUT2D eigenvalue weighted by Gasteiger charge is -2.23. The molecule has 0 unspecified atom stereocenters. The maximum Gasteiger partial charge on any atom is 0.320 e. The highest BCUT2D eigenvalue weighted by Gasteiger charge is 2.33. The molecule has 0 aliphatic rings. The predicted molar refractivity (Wildman–Crippen MR) is 78.6 cm³/mol. The van der Waals surface area contributed by atoms with Crippen molar-refractivity contribution in [1.29, 1.82) is 0 Å². The Morgan fingerprint density at radius 1 is 0.955 bits per heavy atom. The van der Waals surface area contributed by atoms with Gasteiger partial charge in [-0.25, -0.2) is 0 Å². The lowest BCUT2D eigenvalue weighted by atomic mass is 10.0. The van der Waals surface area contributed by atoms with Gasteiger partial charge in [0.25, 0.3) is 0 Å². The van der Waals surface area contributed by atoms with Gasteiger partial charge in [0.05, 0.1) is 0 Å². The van der Waals surface area contributed by atoms with Crippen molar-refractivity contribution >= 4 is 17.9 Å². The average Bonchev–Trinajstić information content (AvgIpc) is 2.40. The van der Waals surface area contributed by atoms with Crippen LogP contribution in [-0.4, -0.2) is 49.8 Å². The van der Waals surface area contributed by atoms with Crippen LogP contribution < -0.4 is 11.5 Å². The summed E-state index contributed by atoms with van der Waals surface area (Å²) in [7, 11) is 0. The zero-order chi connectivity index (χ0) is 17.2. The molecule has 0 aliphatic carbocycles. The number of nitrogens with two attached hydrogens (primary N) is 2. The first kappa shape index (κ1) is 20.3. The van der Waals surface area contributed by atoms with E-state index in [1.165, 1.54) is 0 Å². The van der Waals surface area contributed by atoms with Gasteiger partial charge in [-0.1, -0.05) is 0 Å². The van der Waals surface area contributed by atoms with Crippen molar-refractivity contribution in [3.05, 3.63) is 0 Å². The molecule has 0 saturated heterocycles. The zero-order valence-corrected chi connectivity index (χ0v) is 13.4. The molecule has 0 aromatic carbocycles. The first-order valence-electron chi connectivity index (χ1n) is 7.16. The van der Waals surface area contributed by atoms with Crippen LogP contribution >= 0.6 is 0 Å². The molecule has 8 heteroatoms. The molecule has 0 aromatic heterocycles.